The summed E-state index contributed by atoms with van der Waals surface area (Å²) in [7, 11) is 0. The third-order valence-electron chi connectivity index (χ3n) is 5.83. The van der Waals surface area contributed by atoms with Crippen molar-refractivity contribution in [3.63, 3.8) is 0 Å². The van der Waals surface area contributed by atoms with E-state index in [9.17, 15) is 4.79 Å². The highest BCUT2D eigenvalue weighted by Crippen LogP contribution is 2.30. The van der Waals surface area contributed by atoms with E-state index in [-0.39, 0.29) is 5.91 Å². The van der Waals surface area contributed by atoms with Gasteiger partial charge in [-0.3, -0.25) is 4.79 Å². The number of aromatic nitrogens is 3. The third kappa shape index (κ3) is 2.70. The van der Waals surface area contributed by atoms with E-state index in [1.807, 2.05) is 30.3 Å². The molecule has 1 aliphatic rings. The van der Waals surface area contributed by atoms with Crippen molar-refractivity contribution in [3.05, 3.63) is 65.1 Å². The van der Waals surface area contributed by atoms with E-state index in [1.54, 1.807) is 0 Å². The zero-order valence-electron chi connectivity index (χ0n) is 16.1. The standard InChI is InChI=1S/C23H24N4O/c1-2-27-20-13-6-5-12-19(20)25-21(27)14-24-23(28)17-10-7-9-16-15-8-3-4-11-18(15)26-22(16)17/h5-7,9-10,12-13,26H,2-4,8,11,14H2,1H3,(H,24,28). The molecule has 2 heterocycles. The summed E-state index contributed by atoms with van der Waals surface area (Å²) in [6, 6.07) is 14.1. The zero-order valence-corrected chi connectivity index (χ0v) is 16.1. The van der Waals surface area contributed by atoms with Crippen LogP contribution in [0.4, 0.5) is 0 Å². The lowest BCUT2D eigenvalue weighted by Crippen LogP contribution is -2.25. The van der Waals surface area contributed by atoms with Crippen LogP contribution in [0, 0.1) is 0 Å². The van der Waals surface area contributed by atoms with Crippen LogP contribution in [0.3, 0.4) is 0 Å². The first-order valence-electron chi connectivity index (χ1n) is 10.1. The Bertz CT molecular complexity index is 1180. The molecule has 5 rings (SSSR count). The number of amides is 1. The first-order chi connectivity index (χ1) is 13.8. The maximum atomic E-state index is 13.0. The topological polar surface area (TPSA) is 62.7 Å². The van der Waals surface area contributed by atoms with Gasteiger partial charge in [-0.1, -0.05) is 24.3 Å². The van der Waals surface area contributed by atoms with Crippen LogP contribution in [-0.2, 0) is 25.9 Å². The van der Waals surface area contributed by atoms with Crippen molar-refractivity contribution in [2.24, 2.45) is 0 Å². The Hall–Kier alpha value is -3.08. The summed E-state index contributed by atoms with van der Waals surface area (Å²) in [6.45, 7) is 3.34. The molecule has 0 bridgehead atoms. The molecule has 0 atom stereocenters. The van der Waals surface area contributed by atoms with Gasteiger partial charge < -0.3 is 14.9 Å². The van der Waals surface area contributed by atoms with E-state index in [1.165, 1.54) is 29.5 Å². The molecule has 2 aromatic heterocycles. The number of benzene rings is 2. The Kier molecular flexibility index (Phi) is 4.15. The molecule has 142 valence electrons. The number of nitrogens with zero attached hydrogens (tertiary/aromatic N) is 2. The minimum absolute atomic E-state index is 0.0566. The molecule has 0 aliphatic heterocycles. The van der Waals surface area contributed by atoms with Crippen molar-refractivity contribution in [3.8, 4) is 0 Å². The van der Waals surface area contributed by atoms with E-state index in [0.717, 1.165) is 41.8 Å². The minimum Gasteiger partial charge on any atom is -0.358 e. The van der Waals surface area contributed by atoms with Gasteiger partial charge in [0.05, 0.1) is 28.7 Å². The lowest BCUT2D eigenvalue weighted by Gasteiger charge is -2.10. The van der Waals surface area contributed by atoms with E-state index in [4.69, 9.17) is 4.98 Å². The normalized spacial score (nSPS) is 13.8. The molecule has 1 aliphatic carbocycles. The van der Waals surface area contributed by atoms with Gasteiger partial charge in [-0.2, -0.15) is 0 Å². The molecule has 28 heavy (non-hydrogen) atoms. The number of rotatable bonds is 4. The molecule has 1 amide bonds. The van der Waals surface area contributed by atoms with Gasteiger partial charge in [-0.25, -0.2) is 4.98 Å². The predicted molar refractivity (Wildman–Crippen MR) is 112 cm³/mol. The second-order valence-corrected chi connectivity index (χ2v) is 7.46. The summed E-state index contributed by atoms with van der Waals surface area (Å²) in [6.07, 6.45) is 4.62. The van der Waals surface area contributed by atoms with E-state index < -0.39 is 0 Å². The minimum atomic E-state index is -0.0566. The van der Waals surface area contributed by atoms with Crippen molar-refractivity contribution in [2.45, 2.75) is 45.7 Å². The number of imidazole rings is 1. The summed E-state index contributed by atoms with van der Waals surface area (Å²) in [4.78, 5) is 21.2. The Morgan fingerprint density at radius 3 is 2.89 bits per heavy atom. The largest absolute Gasteiger partial charge is 0.358 e. The van der Waals surface area contributed by atoms with Gasteiger partial charge in [0.2, 0.25) is 0 Å². The first kappa shape index (κ1) is 17.0. The van der Waals surface area contributed by atoms with E-state index in [2.05, 4.69) is 33.9 Å². The van der Waals surface area contributed by atoms with Crippen molar-refractivity contribution >= 4 is 27.8 Å². The number of fused-ring (bicyclic) bond motifs is 4. The van der Waals surface area contributed by atoms with Crippen LogP contribution in [-0.4, -0.2) is 20.4 Å². The number of carbonyl (C=O) groups is 1. The van der Waals surface area contributed by atoms with E-state index in [0.29, 0.717) is 12.1 Å². The number of carbonyl (C=O) groups excluding carboxylic acids is 1. The Morgan fingerprint density at radius 1 is 1.14 bits per heavy atom. The van der Waals surface area contributed by atoms with Crippen LogP contribution < -0.4 is 5.32 Å². The molecule has 0 saturated carbocycles. The molecule has 5 nitrogen and oxygen atoms in total. The van der Waals surface area contributed by atoms with Gasteiger partial charge in [-0.15, -0.1) is 0 Å². The molecule has 2 N–H and O–H groups in total. The highest BCUT2D eigenvalue weighted by atomic mass is 16.1. The quantitative estimate of drug-likeness (QED) is 0.559. The molecule has 0 fully saturated rings. The number of H-pyrrole nitrogens is 1. The fourth-order valence-corrected chi connectivity index (χ4v) is 4.49. The third-order valence-corrected chi connectivity index (χ3v) is 5.83. The van der Waals surface area contributed by atoms with E-state index >= 15 is 0 Å². The number of aryl methyl sites for hydroxylation is 3. The van der Waals surface area contributed by atoms with Gasteiger partial charge in [0, 0.05) is 17.6 Å². The Labute approximate surface area is 163 Å². The van der Waals surface area contributed by atoms with Crippen LogP contribution in [0.1, 0.15) is 47.2 Å². The number of hydrogen-bond donors (Lipinski definition) is 2. The smallest absolute Gasteiger partial charge is 0.253 e. The molecule has 0 saturated heterocycles. The van der Waals surface area contributed by atoms with Gasteiger partial charge in [-0.05, 0) is 56.4 Å². The molecule has 0 radical (unpaired) electrons. The number of aromatic amines is 1. The molecule has 4 aromatic rings. The summed E-state index contributed by atoms with van der Waals surface area (Å²) >= 11 is 0. The lowest BCUT2D eigenvalue weighted by molar-refractivity contribution is 0.0951. The summed E-state index contributed by atoms with van der Waals surface area (Å²) in [5.41, 5.74) is 6.45. The van der Waals surface area contributed by atoms with Gasteiger partial charge in [0.15, 0.2) is 0 Å². The average molecular weight is 372 g/mol. The number of hydrogen-bond acceptors (Lipinski definition) is 2. The molecule has 2 aromatic carbocycles. The molecular weight excluding hydrogens is 348 g/mol. The zero-order chi connectivity index (χ0) is 19.1. The van der Waals surface area contributed by atoms with Crippen molar-refractivity contribution in [1.82, 2.24) is 19.9 Å². The Balaban J connectivity index is 1.44. The number of nitrogens with one attached hydrogen (secondary N) is 2. The van der Waals surface area contributed by atoms with Gasteiger partial charge in [0.25, 0.3) is 5.91 Å². The molecular formula is C23H24N4O. The van der Waals surface area contributed by atoms with Crippen molar-refractivity contribution in [2.75, 3.05) is 0 Å². The fourth-order valence-electron chi connectivity index (χ4n) is 4.49. The summed E-state index contributed by atoms with van der Waals surface area (Å²) < 4.78 is 2.16. The summed E-state index contributed by atoms with van der Waals surface area (Å²) in [5.74, 6) is 0.828. The lowest BCUT2D eigenvalue weighted by atomic mass is 9.95. The van der Waals surface area contributed by atoms with Gasteiger partial charge >= 0.3 is 0 Å². The van der Waals surface area contributed by atoms with Crippen molar-refractivity contribution < 1.29 is 4.79 Å². The van der Waals surface area contributed by atoms with Crippen LogP contribution in [0.5, 0.6) is 0 Å². The molecule has 5 heteroatoms. The maximum Gasteiger partial charge on any atom is 0.253 e. The number of para-hydroxylation sites is 3. The highest BCUT2D eigenvalue weighted by molar-refractivity contribution is 6.06. The second kappa shape index (κ2) is 6.82. The van der Waals surface area contributed by atoms with Crippen LogP contribution >= 0.6 is 0 Å². The Morgan fingerprint density at radius 2 is 2.00 bits per heavy atom. The maximum absolute atomic E-state index is 13.0. The molecule has 0 unspecified atom stereocenters. The second-order valence-electron chi connectivity index (χ2n) is 7.46. The van der Waals surface area contributed by atoms with Gasteiger partial charge in [0.1, 0.15) is 5.82 Å². The molecule has 0 spiro atoms. The van der Waals surface area contributed by atoms with Crippen LogP contribution in [0.2, 0.25) is 0 Å². The monoisotopic (exact) mass is 372 g/mol. The predicted octanol–water partition coefficient (Wildman–Crippen LogP) is 4.35. The van der Waals surface area contributed by atoms with Crippen LogP contribution in [0.15, 0.2) is 42.5 Å². The summed E-state index contributed by atoms with van der Waals surface area (Å²) in [5, 5.41) is 4.28. The SMILES string of the molecule is CCn1c(CNC(=O)c2cccc3c4c([nH]c23)CCCC4)nc2ccccc21. The highest BCUT2D eigenvalue weighted by Gasteiger charge is 2.19. The fraction of sp³-hybridized carbons (Fsp3) is 0.304. The first-order valence-corrected chi connectivity index (χ1v) is 10.1. The van der Waals surface area contributed by atoms with Crippen molar-refractivity contribution in [1.29, 1.82) is 0 Å². The average Bonchev–Trinajstić information content (AvgIpc) is 3.29. The van der Waals surface area contributed by atoms with Crippen LogP contribution in [0.25, 0.3) is 21.9 Å².